The molecule has 5 N–H and O–H groups in total. The van der Waals surface area contributed by atoms with E-state index < -0.39 is 41.1 Å². The fourth-order valence-corrected chi connectivity index (χ4v) is 3.69. The Morgan fingerprint density at radius 2 is 1.68 bits per heavy atom. The number of anilines is 1. The van der Waals surface area contributed by atoms with Crippen molar-refractivity contribution < 1.29 is 31.9 Å². The van der Waals surface area contributed by atoms with Crippen LogP contribution in [0.5, 0.6) is 0 Å². The van der Waals surface area contributed by atoms with Crippen LogP contribution in [-0.4, -0.2) is 32.5 Å². The number of hydrogen-bond acceptors (Lipinski definition) is 5. The number of hydrogen-bond donors (Lipinski definition) is 3. The molecule has 0 aliphatic heterocycles. The maximum atomic E-state index is 13.9. The number of aromatic nitrogens is 3. The van der Waals surface area contributed by atoms with Crippen molar-refractivity contribution in [2.24, 2.45) is 11.5 Å². The normalized spacial score (nSPS) is 11.5. The molecule has 3 amide bonds. The molecule has 0 atom stereocenters. The third kappa shape index (κ3) is 5.10. The Morgan fingerprint density at radius 3 is 2.27 bits per heavy atom. The highest BCUT2D eigenvalue weighted by Gasteiger charge is 2.39. The molecular weight excluding hydrogens is 496 g/mol. The van der Waals surface area contributed by atoms with E-state index in [2.05, 4.69) is 15.4 Å². The fraction of sp³-hybridized carbons (Fsp3) is 0.125. The topological polar surface area (TPSA) is 146 Å². The Bertz CT molecular complexity index is 1560. The summed E-state index contributed by atoms with van der Waals surface area (Å²) in [7, 11) is 0. The number of amides is 3. The number of nitrogens with one attached hydrogen (secondary N) is 1. The van der Waals surface area contributed by atoms with Gasteiger partial charge in [-0.1, -0.05) is 12.1 Å². The molecule has 190 valence electrons. The minimum Gasteiger partial charge on any atom is -0.366 e. The highest BCUT2D eigenvalue weighted by Crippen LogP contribution is 2.36. The number of nitrogens with zero attached hydrogens (tertiary/aromatic N) is 3. The quantitative estimate of drug-likeness (QED) is 0.338. The Balaban J connectivity index is 1.75. The van der Waals surface area contributed by atoms with E-state index in [4.69, 9.17) is 11.5 Å². The summed E-state index contributed by atoms with van der Waals surface area (Å²) in [6.45, 7) is 1.23. The highest BCUT2D eigenvalue weighted by molar-refractivity contribution is 6.14. The van der Waals surface area contributed by atoms with Crippen LogP contribution in [0.2, 0.25) is 0 Å². The van der Waals surface area contributed by atoms with Gasteiger partial charge in [0.2, 0.25) is 5.91 Å². The summed E-state index contributed by atoms with van der Waals surface area (Å²) in [6, 6.07) is 10.1. The lowest BCUT2D eigenvalue weighted by Crippen LogP contribution is -2.19. The van der Waals surface area contributed by atoms with Gasteiger partial charge in [0, 0.05) is 17.0 Å². The molecule has 0 bridgehead atoms. The van der Waals surface area contributed by atoms with Crippen LogP contribution in [0.4, 0.5) is 23.2 Å². The number of rotatable bonds is 6. The highest BCUT2D eigenvalue weighted by atomic mass is 19.4. The van der Waals surface area contributed by atoms with Gasteiger partial charge in [-0.3, -0.25) is 19.1 Å². The summed E-state index contributed by atoms with van der Waals surface area (Å²) < 4.78 is 56.3. The Kier molecular flexibility index (Phi) is 6.38. The molecule has 0 spiro atoms. The third-order valence-electron chi connectivity index (χ3n) is 5.55. The van der Waals surface area contributed by atoms with Crippen molar-refractivity contribution >= 4 is 34.3 Å². The molecule has 0 fully saturated rings. The maximum absolute atomic E-state index is 13.9. The van der Waals surface area contributed by atoms with Gasteiger partial charge in [0.1, 0.15) is 11.5 Å². The van der Waals surface area contributed by atoms with Gasteiger partial charge in [0.25, 0.3) is 11.8 Å². The molecule has 4 rings (SSSR count). The van der Waals surface area contributed by atoms with E-state index in [0.29, 0.717) is 5.56 Å². The summed E-state index contributed by atoms with van der Waals surface area (Å²) in [6.07, 6.45) is -4.92. The SMILES string of the molecule is Cc1c(NC(=O)c2cc(C(N)=O)nc3cc(F)ccc23)c(C(F)(F)F)nn1Cc1ccc(C(N)=O)cc1. The zero-order chi connectivity index (χ0) is 27.1. The zero-order valence-corrected chi connectivity index (χ0v) is 19.1. The van der Waals surface area contributed by atoms with Crippen LogP contribution >= 0.6 is 0 Å². The third-order valence-corrected chi connectivity index (χ3v) is 5.55. The van der Waals surface area contributed by atoms with Gasteiger partial charge in [0.15, 0.2) is 5.69 Å². The predicted octanol–water partition coefficient (Wildman–Crippen LogP) is 3.40. The summed E-state index contributed by atoms with van der Waals surface area (Å²) in [5.41, 5.74) is 8.57. The molecule has 0 radical (unpaired) electrons. The van der Waals surface area contributed by atoms with Gasteiger partial charge in [-0.2, -0.15) is 18.3 Å². The summed E-state index contributed by atoms with van der Waals surface area (Å²) in [5.74, 6) is -3.38. The first-order valence-corrected chi connectivity index (χ1v) is 10.6. The van der Waals surface area contributed by atoms with Crippen LogP contribution in [-0.2, 0) is 12.7 Å². The molecule has 2 aromatic heterocycles. The largest absolute Gasteiger partial charge is 0.437 e. The number of carbonyl (C=O) groups is 3. The number of carbonyl (C=O) groups excluding carboxylic acids is 3. The molecule has 0 aliphatic carbocycles. The van der Waals surface area contributed by atoms with E-state index in [1.54, 1.807) is 0 Å². The number of fused-ring (bicyclic) bond motifs is 1. The first kappa shape index (κ1) is 25.3. The summed E-state index contributed by atoms with van der Waals surface area (Å²) in [4.78, 5) is 40.0. The molecule has 37 heavy (non-hydrogen) atoms. The smallest absolute Gasteiger partial charge is 0.366 e. The van der Waals surface area contributed by atoms with Gasteiger partial charge in [-0.05, 0) is 42.8 Å². The molecule has 13 heteroatoms. The summed E-state index contributed by atoms with van der Waals surface area (Å²) >= 11 is 0. The molecule has 0 unspecified atom stereocenters. The second kappa shape index (κ2) is 9.33. The van der Waals surface area contributed by atoms with E-state index in [1.165, 1.54) is 37.3 Å². The van der Waals surface area contributed by atoms with Crippen molar-refractivity contribution in [3.05, 3.63) is 88.1 Å². The van der Waals surface area contributed by atoms with Crippen molar-refractivity contribution in [3.8, 4) is 0 Å². The average Bonchev–Trinajstić information content (AvgIpc) is 3.13. The summed E-state index contributed by atoms with van der Waals surface area (Å²) in [5, 5.41) is 5.97. The van der Waals surface area contributed by atoms with Crippen molar-refractivity contribution in [1.82, 2.24) is 14.8 Å². The van der Waals surface area contributed by atoms with Gasteiger partial charge in [-0.25, -0.2) is 9.37 Å². The van der Waals surface area contributed by atoms with Gasteiger partial charge in [0.05, 0.1) is 29.0 Å². The molecule has 2 aromatic carbocycles. The van der Waals surface area contributed by atoms with Crippen molar-refractivity contribution in [2.45, 2.75) is 19.6 Å². The second-order valence-corrected chi connectivity index (χ2v) is 8.06. The van der Waals surface area contributed by atoms with E-state index in [-0.39, 0.29) is 40.0 Å². The van der Waals surface area contributed by atoms with E-state index in [9.17, 15) is 31.9 Å². The zero-order valence-electron chi connectivity index (χ0n) is 19.1. The minimum atomic E-state index is -4.92. The van der Waals surface area contributed by atoms with Crippen molar-refractivity contribution in [3.63, 3.8) is 0 Å². The van der Waals surface area contributed by atoms with Gasteiger partial charge >= 0.3 is 6.18 Å². The van der Waals surface area contributed by atoms with Crippen molar-refractivity contribution in [2.75, 3.05) is 5.32 Å². The first-order chi connectivity index (χ1) is 17.3. The molecular formula is C24H18F4N6O3. The number of benzene rings is 2. The number of halogens is 4. The second-order valence-electron chi connectivity index (χ2n) is 8.06. The van der Waals surface area contributed by atoms with Crippen molar-refractivity contribution in [1.29, 1.82) is 0 Å². The molecule has 4 aromatic rings. The van der Waals surface area contributed by atoms with Crippen LogP contribution < -0.4 is 16.8 Å². The van der Waals surface area contributed by atoms with Gasteiger partial charge < -0.3 is 16.8 Å². The number of pyridine rings is 1. The Labute approximate surface area is 206 Å². The Hall–Kier alpha value is -4.81. The van der Waals surface area contributed by atoms with Crippen LogP contribution in [0.25, 0.3) is 10.9 Å². The monoisotopic (exact) mass is 514 g/mol. The lowest BCUT2D eigenvalue weighted by molar-refractivity contribution is -0.140. The number of primary amides is 2. The molecule has 0 saturated carbocycles. The molecule has 0 saturated heterocycles. The number of nitrogens with two attached hydrogens (primary N) is 2. The number of alkyl halides is 3. The molecule has 2 heterocycles. The minimum absolute atomic E-state index is 0.0146. The van der Waals surface area contributed by atoms with E-state index >= 15 is 0 Å². The van der Waals surface area contributed by atoms with Gasteiger partial charge in [-0.15, -0.1) is 0 Å². The first-order valence-electron chi connectivity index (χ1n) is 10.6. The van der Waals surface area contributed by atoms with E-state index in [1.807, 2.05) is 0 Å². The standard InChI is InChI=1S/C24H18F4N6O3/c1-11-19(20(24(26,27)28)33-34(11)10-12-2-4-13(5-3-12)21(29)35)32-23(37)16-9-18(22(30)36)31-17-8-14(25)6-7-15(16)17/h2-9H,10H2,1H3,(H2,29,35)(H2,30,36)(H,32,37). The molecule has 9 nitrogen and oxygen atoms in total. The lowest BCUT2D eigenvalue weighted by Gasteiger charge is -2.12. The average molecular weight is 514 g/mol. The fourth-order valence-electron chi connectivity index (χ4n) is 3.69. The Morgan fingerprint density at radius 1 is 1.00 bits per heavy atom. The van der Waals surface area contributed by atoms with E-state index in [0.717, 1.165) is 22.9 Å². The van der Waals surface area contributed by atoms with Crippen LogP contribution in [0.15, 0.2) is 48.5 Å². The van der Waals surface area contributed by atoms with Crippen LogP contribution in [0.1, 0.15) is 48.2 Å². The molecule has 0 aliphatic rings. The van der Waals surface area contributed by atoms with Crippen LogP contribution in [0, 0.1) is 12.7 Å². The lowest BCUT2D eigenvalue weighted by atomic mass is 10.1. The van der Waals surface area contributed by atoms with Crippen LogP contribution in [0.3, 0.4) is 0 Å². The predicted molar refractivity (Wildman–Crippen MR) is 124 cm³/mol. The maximum Gasteiger partial charge on any atom is 0.437 e.